The topological polar surface area (TPSA) is 32.3 Å². The SMILES string of the molecule is CC(CO)CNC1CCSc2ccc(Br)cc21. The molecule has 0 aromatic heterocycles. The van der Waals surface area contributed by atoms with Crippen LogP contribution >= 0.6 is 27.7 Å². The number of aliphatic hydroxyl groups excluding tert-OH is 1. The largest absolute Gasteiger partial charge is 0.396 e. The zero-order valence-electron chi connectivity index (χ0n) is 9.95. The third-order valence-corrected chi connectivity index (χ3v) is 4.65. The van der Waals surface area contributed by atoms with Gasteiger partial charge in [0.25, 0.3) is 0 Å². The Bertz CT molecular complexity index is 386. The predicted molar refractivity (Wildman–Crippen MR) is 76.5 cm³/mol. The van der Waals surface area contributed by atoms with E-state index in [9.17, 15) is 0 Å². The molecule has 2 N–H and O–H groups in total. The van der Waals surface area contributed by atoms with Crippen molar-refractivity contribution < 1.29 is 5.11 Å². The van der Waals surface area contributed by atoms with Crippen LogP contribution in [0.5, 0.6) is 0 Å². The summed E-state index contributed by atoms with van der Waals surface area (Å²) in [5, 5.41) is 12.6. The van der Waals surface area contributed by atoms with Crippen LogP contribution in [0.25, 0.3) is 0 Å². The summed E-state index contributed by atoms with van der Waals surface area (Å²) in [6.07, 6.45) is 1.16. The molecule has 0 radical (unpaired) electrons. The van der Waals surface area contributed by atoms with Gasteiger partial charge < -0.3 is 10.4 Å². The summed E-state index contributed by atoms with van der Waals surface area (Å²) in [5.74, 6) is 1.49. The summed E-state index contributed by atoms with van der Waals surface area (Å²) < 4.78 is 1.14. The van der Waals surface area contributed by atoms with Gasteiger partial charge in [0.05, 0.1) is 0 Å². The lowest BCUT2D eigenvalue weighted by Gasteiger charge is -2.27. The van der Waals surface area contributed by atoms with Crippen LogP contribution in [0.2, 0.25) is 0 Å². The molecule has 0 aliphatic carbocycles. The number of thioether (sulfide) groups is 1. The molecular weight excluding hydrogens is 298 g/mol. The molecule has 94 valence electrons. The number of hydrogen-bond acceptors (Lipinski definition) is 3. The highest BCUT2D eigenvalue weighted by atomic mass is 79.9. The van der Waals surface area contributed by atoms with Crippen LogP contribution in [0.15, 0.2) is 27.6 Å². The number of halogens is 1. The molecule has 17 heavy (non-hydrogen) atoms. The van der Waals surface area contributed by atoms with E-state index in [0.717, 1.165) is 17.4 Å². The number of benzene rings is 1. The number of rotatable bonds is 4. The Morgan fingerprint density at radius 3 is 3.18 bits per heavy atom. The molecule has 0 fully saturated rings. The Morgan fingerprint density at radius 1 is 1.59 bits per heavy atom. The predicted octanol–water partition coefficient (Wildman–Crippen LogP) is 3.20. The minimum atomic E-state index is 0.250. The van der Waals surface area contributed by atoms with Gasteiger partial charge in [-0.3, -0.25) is 0 Å². The quantitative estimate of drug-likeness (QED) is 0.895. The van der Waals surface area contributed by atoms with Crippen molar-refractivity contribution in [1.82, 2.24) is 5.32 Å². The van der Waals surface area contributed by atoms with E-state index in [0.29, 0.717) is 12.0 Å². The molecule has 0 spiro atoms. The zero-order chi connectivity index (χ0) is 12.3. The van der Waals surface area contributed by atoms with Gasteiger partial charge in [0.15, 0.2) is 0 Å². The van der Waals surface area contributed by atoms with E-state index in [1.165, 1.54) is 16.2 Å². The number of hydrogen-bond donors (Lipinski definition) is 2. The van der Waals surface area contributed by atoms with Crippen molar-refractivity contribution in [1.29, 1.82) is 0 Å². The van der Waals surface area contributed by atoms with E-state index in [1.54, 1.807) is 0 Å². The highest BCUT2D eigenvalue weighted by Gasteiger charge is 2.20. The first-order chi connectivity index (χ1) is 8.20. The van der Waals surface area contributed by atoms with Crippen molar-refractivity contribution in [3.63, 3.8) is 0 Å². The molecular formula is C13H18BrNOS. The monoisotopic (exact) mass is 315 g/mol. The molecule has 2 unspecified atom stereocenters. The maximum absolute atomic E-state index is 9.05. The first-order valence-corrected chi connectivity index (χ1v) is 7.75. The van der Waals surface area contributed by atoms with Crippen LogP contribution in [-0.4, -0.2) is 24.0 Å². The summed E-state index contributed by atoms with van der Waals surface area (Å²) >= 11 is 5.47. The minimum absolute atomic E-state index is 0.250. The second-order valence-electron chi connectivity index (χ2n) is 4.57. The first-order valence-electron chi connectivity index (χ1n) is 5.97. The zero-order valence-corrected chi connectivity index (χ0v) is 12.4. The number of fused-ring (bicyclic) bond motifs is 1. The number of aliphatic hydroxyl groups is 1. The second-order valence-corrected chi connectivity index (χ2v) is 6.62. The maximum atomic E-state index is 9.05. The summed E-state index contributed by atoms with van der Waals surface area (Å²) in [6.45, 7) is 3.18. The van der Waals surface area contributed by atoms with Crippen LogP contribution in [0.3, 0.4) is 0 Å². The molecule has 0 saturated carbocycles. The summed E-state index contributed by atoms with van der Waals surface area (Å²) in [7, 11) is 0. The fraction of sp³-hybridized carbons (Fsp3) is 0.538. The third-order valence-electron chi connectivity index (χ3n) is 3.04. The van der Waals surface area contributed by atoms with E-state index >= 15 is 0 Å². The lowest BCUT2D eigenvalue weighted by atomic mass is 10.0. The Kier molecular flexibility index (Phi) is 4.91. The molecule has 2 atom stereocenters. The smallest absolute Gasteiger partial charge is 0.0468 e. The molecule has 1 aliphatic heterocycles. The molecule has 2 rings (SSSR count). The van der Waals surface area contributed by atoms with Crippen molar-refractivity contribution in [3.8, 4) is 0 Å². The maximum Gasteiger partial charge on any atom is 0.0468 e. The van der Waals surface area contributed by atoms with Crippen molar-refractivity contribution in [2.45, 2.75) is 24.3 Å². The molecule has 4 heteroatoms. The third kappa shape index (κ3) is 3.47. The fourth-order valence-electron chi connectivity index (χ4n) is 1.99. The average Bonchev–Trinajstić information content (AvgIpc) is 2.35. The Morgan fingerprint density at radius 2 is 2.41 bits per heavy atom. The molecule has 2 nitrogen and oxygen atoms in total. The van der Waals surface area contributed by atoms with Crippen LogP contribution in [0.1, 0.15) is 24.9 Å². The van der Waals surface area contributed by atoms with E-state index in [-0.39, 0.29) is 6.61 Å². The highest BCUT2D eigenvalue weighted by Crippen LogP contribution is 2.37. The Balaban J connectivity index is 2.08. The highest BCUT2D eigenvalue weighted by molar-refractivity contribution is 9.10. The summed E-state index contributed by atoms with van der Waals surface area (Å²) in [6, 6.07) is 6.93. The van der Waals surface area contributed by atoms with Gasteiger partial charge >= 0.3 is 0 Å². The minimum Gasteiger partial charge on any atom is -0.396 e. The van der Waals surface area contributed by atoms with Gasteiger partial charge in [-0.1, -0.05) is 22.9 Å². The molecule has 0 amide bonds. The van der Waals surface area contributed by atoms with Crippen molar-refractivity contribution >= 4 is 27.7 Å². The van der Waals surface area contributed by atoms with Crippen LogP contribution in [0.4, 0.5) is 0 Å². The van der Waals surface area contributed by atoms with E-state index < -0.39 is 0 Å². The lowest BCUT2D eigenvalue weighted by Crippen LogP contribution is -2.29. The second kappa shape index (κ2) is 6.23. The van der Waals surface area contributed by atoms with Gasteiger partial charge in [0.2, 0.25) is 0 Å². The van der Waals surface area contributed by atoms with Gasteiger partial charge in [0, 0.05) is 28.6 Å². The van der Waals surface area contributed by atoms with Crippen molar-refractivity contribution in [2.75, 3.05) is 18.9 Å². The summed E-state index contributed by atoms with van der Waals surface area (Å²) in [4.78, 5) is 1.38. The molecule has 0 saturated heterocycles. The van der Waals surface area contributed by atoms with Gasteiger partial charge in [-0.2, -0.15) is 0 Å². The van der Waals surface area contributed by atoms with Gasteiger partial charge in [-0.05, 0) is 41.9 Å². The van der Waals surface area contributed by atoms with E-state index in [2.05, 4.69) is 46.4 Å². The molecule has 1 aliphatic rings. The van der Waals surface area contributed by atoms with Crippen LogP contribution < -0.4 is 5.32 Å². The van der Waals surface area contributed by atoms with E-state index in [1.807, 2.05) is 11.8 Å². The molecule has 1 heterocycles. The van der Waals surface area contributed by atoms with Crippen molar-refractivity contribution in [2.24, 2.45) is 5.92 Å². The average molecular weight is 316 g/mol. The molecule has 0 bridgehead atoms. The Hall–Kier alpha value is -0.0300. The van der Waals surface area contributed by atoms with Gasteiger partial charge in [-0.15, -0.1) is 11.8 Å². The first kappa shape index (κ1) is 13.4. The van der Waals surface area contributed by atoms with Gasteiger partial charge in [-0.25, -0.2) is 0 Å². The van der Waals surface area contributed by atoms with Gasteiger partial charge in [0.1, 0.15) is 0 Å². The number of nitrogens with one attached hydrogen (secondary N) is 1. The fourth-order valence-corrected chi connectivity index (χ4v) is 3.47. The van der Waals surface area contributed by atoms with Crippen LogP contribution in [-0.2, 0) is 0 Å². The lowest BCUT2D eigenvalue weighted by molar-refractivity contribution is 0.229. The van der Waals surface area contributed by atoms with E-state index in [4.69, 9.17) is 5.11 Å². The normalized spacial score (nSPS) is 21.0. The summed E-state index contributed by atoms with van der Waals surface area (Å²) in [5.41, 5.74) is 1.39. The molecule has 1 aromatic rings. The van der Waals surface area contributed by atoms with Crippen LogP contribution in [0, 0.1) is 5.92 Å². The molecule has 1 aromatic carbocycles. The Labute approximate surface area is 115 Å². The standard InChI is InChI=1S/C13H18BrNOS/c1-9(8-16)7-15-12-4-5-17-13-3-2-10(14)6-11(12)13/h2-3,6,9,12,15-16H,4-5,7-8H2,1H3. The van der Waals surface area contributed by atoms with Crippen molar-refractivity contribution in [3.05, 3.63) is 28.2 Å².